The fourth-order valence-electron chi connectivity index (χ4n) is 2.62. The number of hydrogen-bond acceptors (Lipinski definition) is 4. The Labute approximate surface area is 122 Å². The van der Waals surface area contributed by atoms with Crippen LogP contribution in [0, 0.1) is 0 Å². The second-order valence-electron chi connectivity index (χ2n) is 5.33. The van der Waals surface area contributed by atoms with Gasteiger partial charge in [0.05, 0.1) is 12.2 Å². The lowest BCUT2D eigenvalue weighted by Gasteiger charge is -2.37. The molecule has 7 heteroatoms. The summed E-state index contributed by atoms with van der Waals surface area (Å²) in [6.07, 6.45) is -1.62. The van der Waals surface area contributed by atoms with Crippen LogP contribution in [0.4, 0.5) is 19.0 Å². The molecule has 118 valence electrons. The molecule has 0 bridgehead atoms. The van der Waals surface area contributed by atoms with Crippen molar-refractivity contribution in [2.45, 2.75) is 25.1 Å². The van der Waals surface area contributed by atoms with E-state index in [-0.39, 0.29) is 6.61 Å². The van der Waals surface area contributed by atoms with Gasteiger partial charge >= 0.3 is 6.18 Å². The van der Waals surface area contributed by atoms with Crippen LogP contribution in [0.3, 0.4) is 0 Å². The highest BCUT2D eigenvalue weighted by atomic mass is 19.4. The quantitative estimate of drug-likeness (QED) is 0.923. The lowest BCUT2D eigenvalue weighted by molar-refractivity contribution is -0.137. The standard InChI is InChI=1S/C14H20F3N3O/c1-19(8-9-21)12-4-6-20(7-5-12)13-3-2-11(10-18-13)14(15,16)17/h2-3,10,12,21H,4-9H2,1H3. The maximum atomic E-state index is 12.5. The average molecular weight is 303 g/mol. The van der Waals surface area contributed by atoms with Gasteiger partial charge in [-0.1, -0.05) is 0 Å². The Hall–Kier alpha value is -1.34. The van der Waals surface area contributed by atoms with Gasteiger partial charge in [0.25, 0.3) is 0 Å². The molecule has 1 aliphatic rings. The number of rotatable bonds is 4. The van der Waals surface area contributed by atoms with Crippen LogP contribution in [-0.4, -0.2) is 54.3 Å². The summed E-state index contributed by atoms with van der Waals surface area (Å²) in [5, 5.41) is 8.94. The van der Waals surface area contributed by atoms with E-state index in [4.69, 9.17) is 5.11 Å². The van der Waals surface area contributed by atoms with Crippen molar-refractivity contribution in [3.63, 3.8) is 0 Å². The van der Waals surface area contributed by atoms with Gasteiger partial charge in [-0.25, -0.2) is 4.98 Å². The molecule has 0 aromatic carbocycles. The molecule has 0 spiro atoms. The Bertz CT molecular complexity index is 442. The van der Waals surface area contributed by atoms with Crippen molar-refractivity contribution in [2.75, 3.05) is 38.2 Å². The number of hydrogen-bond donors (Lipinski definition) is 1. The second kappa shape index (κ2) is 6.62. The summed E-state index contributed by atoms with van der Waals surface area (Å²) < 4.78 is 37.5. The lowest BCUT2D eigenvalue weighted by Crippen LogP contribution is -2.44. The Morgan fingerprint density at radius 2 is 2.00 bits per heavy atom. The van der Waals surface area contributed by atoms with E-state index in [1.165, 1.54) is 6.07 Å². The first-order chi connectivity index (χ1) is 9.91. The molecule has 0 unspecified atom stereocenters. The van der Waals surface area contributed by atoms with Crippen LogP contribution in [0.5, 0.6) is 0 Å². The van der Waals surface area contributed by atoms with Crippen LogP contribution in [0.2, 0.25) is 0 Å². The molecule has 1 fully saturated rings. The highest BCUT2D eigenvalue weighted by molar-refractivity contribution is 5.40. The molecule has 1 aliphatic heterocycles. The molecular formula is C14H20F3N3O. The number of piperidine rings is 1. The molecule has 1 aromatic rings. The first kappa shape index (κ1) is 16.0. The zero-order valence-electron chi connectivity index (χ0n) is 12.0. The highest BCUT2D eigenvalue weighted by Gasteiger charge is 2.31. The first-order valence-electron chi connectivity index (χ1n) is 7.01. The van der Waals surface area contributed by atoms with E-state index in [9.17, 15) is 13.2 Å². The van der Waals surface area contributed by atoms with Crippen LogP contribution >= 0.6 is 0 Å². The van der Waals surface area contributed by atoms with Crippen molar-refractivity contribution < 1.29 is 18.3 Å². The number of alkyl halides is 3. The molecule has 0 atom stereocenters. The smallest absolute Gasteiger partial charge is 0.395 e. The minimum Gasteiger partial charge on any atom is -0.395 e. The van der Waals surface area contributed by atoms with Crippen molar-refractivity contribution in [1.29, 1.82) is 0 Å². The zero-order chi connectivity index (χ0) is 15.5. The van der Waals surface area contributed by atoms with Gasteiger partial charge in [0, 0.05) is 31.9 Å². The highest BCUT2D eigenvalue weighted by Crippen LogP contribution is 2.30. The van der Waals surface area contributed by atoms with Crippen molar-refractivity contribution in [1.82, 2.24) is 9.88 Å². The summed E-state index contributed by atoms with van der Waals surface area (Å²) in [7, 11) is 1.98. The van der Waals surface area contributed by atoms with E-state index in [2.05, 4.69) is 9.88 Å². The zero-order valence-corrected chi connectivity index (χ0v) is 12.0. The molecule has 4 nitrogen and oxygen atoms in total. The number of aliphatic hydroxyl groups is 1. The summed E-state index contributed by atoms with van der Waals surface area (Å²) in [5.41, 5.74) is -0.719. The molecule has 0 amide bonds. The van der Waals surface area contributed by atoms with Crippen molar-refractivity contribution in [3.8, 4) is 0 Å². The normalized spacial score (nSPS) is 17.5. The van der Waals surface area contributed by atoms with E-state index in [0.717, 1.165) is 38.2 Å². The number of likely N-dealkylation sites (N-methyl/N-ethyl adjacent to an activating group) is 1. The van der Waals surface area contributed by atoms with E-state index in [0.29, 0.717) is 18.4 Å². The van der Waals surface area contributed by atoms with Crippen molar-refractivity contribution >= 4 is 5.82 Å². The van der Waals surface area contributed by atoms with Gasteiger partial charge in [-0.15, -0.1) is 0 Å². The summed E-state index contributed by atoms with van der Waals surface area (Å²) in [4.78, 5) is 8.05. The monoisotopic (exact) mass is 303 g/mol. The molecule has 1 N–H and O–H groups in total. The lowest BCUT2D eigenvalue weighted by atomic mass is 10.0. The minimum atomic E-state index is -4.34. The van der Waals surface area contributed by atoms with Crippen LogP contribution in [0.25, 0.3) is 0 Å². The molecule has 1 saturated heterocycles. The third kappa shape index (κ3) is 4.07. The Morgan fingerprint density at radius 1 is 1.33 bits per heavy atom. The molecule has 21 heavy (non-hydrogen) atoms. The Kier molecular flexibility index (Phi) is 5.05. The largest absolute Gasteiger partial charge is 0.417 e. The molecular weight excluding hydrogens is 283 g/mol. The molecule has 1 aromatic heterocycles. The Balaban J connectivity index is 1.93. The van der Waals surface area contributed by atoms with Gasteiger partial charge in [-0.05, 0) is 32.0 Å². The maximum Gasteiger partial charge on any atom is 0.417 e. The number of anilines is 1. The van der Waals surface area contributed by atoms with E-state index >= 15 is 0 Å². The number of pyridine rings is 1. The fourth-order valence-corrected chi connectivity index (χ4v) is 2.62. The summed E-state index contributed by atoms with van der Waals surface area (Å²) in [6, 6.07) is 2.91. The van der Waals surface area contributed by atoms with Crippen LogP contribution < -0.4 is 4.90 Å². The second-order valence-corrected chi connectivity index (χ2v) is 5.33. The number of halogens is 3. The molecule has 2 rings (SSSR count). The van der Waals surface area contributed by atoms with Crippen LogP contribution in [0.15, 0.2) is 18.3 Å². The van der Waals surface area contributed by atoms with Crippen LogP contribution in [0.1, 0.15) is 18.4 Å². The van der Waals surface area contributed by atoms with Gasteiger partial charge in [-0.2, -0.15) is 13.2 Å². The van der Waals surface area contributed by atoms with Crippen molar-refractivity contribution in [3.05, 3.63) is 23.9 Å². The van der Waals surface area contributed by atoms with Crippen LogP contribution in [-0.2, 0) is 6.18 Å². The number of nitrogens with zero attached hydrogens (tertiary/aromatic N) is 3. The SMILES string of the molecule is CN(CCO)C1CCN(c2ccc(C(F)(F)F)cn2)CC1. The first-order valence-corrected chi connectivity index (χ1v) is 7.01. The maximum absolute atomic E-state index is 12.5. The predicted octanol–water partition coefficient (Wildman–Crippen LogP) is 1.99. The van der Waals surface area contributed by atoms with Gasteiger partial charge < -0.3 is 14.9 Å². The predicted molar refractivity (Wildman–Crippen MR) is 74.2 cm³/mol. The van der Waals surface area contributed by atoms with E-state index < -0.39 is 11.7 Å². The Morgan fingerprint density at radius 3 is 2.48 bits per heavy atom. The van der Waals surface area contributed by atoms with Gasteiger partial charge in [0.15, 0.2) is 0 Å². The van der Waals surface area contributed by atoms with Crippen molar-refractivity contribution in [2.24, 2.45) is 0 Å². The summed E-state index contributed by atoms with van der Waals surface area (Å²) in [5.74, 6) is 0.589. The average Bonchev–Trinajstić information content (AvgIpc) is 2.47. The van der Waals surface area contributed by atoms with E-state index in [1.54, 1.807) is 0 Å². The molecule has 0 aliphatic carbocycles. The molecule has 2 heterocycles. The van der Waals surface area contributed by atoms with Gasteiger partial charge in [0.1, 0.15) is 5.82 Å². The number of aromatic nitrogens is 1. The topological polar surface area (TPSA) is 39.6 Å². The van der Waals surface area contributed by atoms with E-state index in [1.807, 2.05) is 11.9 Å². The summed E-state index contributed by atoms with van der Waals surface area (Å²) in [6.45, 7) is 2.30. The molecule has 0 radical (unpaired) electrons. The number of aliphatic hydroxyl groups excluding tert-OH is 1. The third-order valence-electron chi connectivity index (χ3n) is 3.94. The third-order valence-corrected chi connectivity index (χ3v) is 3.94. The summed E-state index contributed by atoms with van der Waals surface area (Å²) >= 11 is 0. The minimum absolute atomic E-state index is 0.136. The van der Waals surface area contributed by atoms with Gasteiger partial charge in [-0.3, -0.25) is 0 Å². The molecule has 0 saturated carbocycles. The van der Waals surface area contributed by atoms with Gasteiger partial charge in [0.2, 0.25) is 0 Å². The fraction of sp³-hybridized carbons (Fsp3) is 0.643.